The molecule has 0 aliphatic rings. The van der Waals surface area contributed by atoms with E-state index in [0.29, 0.717) is 12.2 Å². The normalized spacial score (nSPS) is 11.8. The molecule has 2 aromatic heterocycles. The first-order valence-corrected chi connectivity index (χ1v) is 7.07. The number of aromatic nitrogens is 2. The van der Waals surface area contributed by atoms with Gasteiger partial charge in [0, 0.05) is 23.1 Å². The topological polar surface area (TPSA) is 60.9 Å². The second-order valence-electron chi connectivity index (χ2n) is 5.75. The quantitative estimate of drug-likeness (QED) is 0.917. The molecule has 0 fully saturated rings. The second-order valence-corrected chi connectivity index (χ2v) is 6.70. The van der Waals surface area contributed by atoms with Crippen molar-refractivity contribution in [3.05, 3.63) is 44.3 Å². The van der Waals surface area contributed by atoms with Gasteiger partial charge in [-0.05, 0) is 12.5 Å². The highest BCUT2D eigenvalue weighted by molar-refractivity contribution is 7.09. The maximum Gasteiger partial charge on any atom is 0.251 e. The molecule has 4 nitrogen and oxygen atoms in total. The van der Waals surface area contributed by atoms with Crippen LogP contribution in [-0.4, -0.2) is 9.55 Å². The van der Waals surface area contributed by atoms with Gasteiger partial charge in [0.05, 0.1) is 17.9 Å². The molecular weight excluding hydrogens is 258 g/mol. The van der Waals surface area contributed by atoms with E-state index in [1.54, 1.807) is 28.2 Å². The summed E-state index contributed by atoms with van der Waals surface area (Å²) in [6.45, 7) is 8.69. The number of anilines is 1. The summed E-state index contributed by atoms with van der Waals surface area (Å²) < 4.78 is 1.60. The highest BCUT2D eigenvalue weighted by Gasteiger charge is 2.17. The molecule has 0 saturated carbocycles. The molecule has 5 heteroatoms. The van der Waals surface area contributed by atoms with Crippen LogP contribution in [0.15, 0.2) is 22.4 Å². The first-order valence-electron chi connectivity index (χ1n) is 6.19. The molecule has 0 spiro atoms. The number of thiazole rings is 1. The van der Waals surface area contributed by atoms with Gasteiger partial charge in [0.2, 0.25) is 0 Å². The van der Waals surface area contributed by atoms with Gasteiger partial charge in [-0.2, -0.15) is 0 Å². The smallest absolute Gasteiger partial charge is 0.251 e. The molecule has 0 radical (unpaired) electrons. The van der Waals surface area contributed by atoms with Crippen LogP contribution >= 0.6 is 11.3 Å². The van der Waals surface area contributed by atoms with Crippen LogP contribution in [0.4, 0.5) is 5.69 Å². The van der Waals surface area contributed by atoms with E-state index in [1.807, 2.05) is 6.92 Å². The van der Waals surface area contributed by atoms with Gasteiger partial charge >= 0.3 is 0 Å². The van der Waals surface area contributed by atoms with E-state index >= 15 is 0 Å². The van der Waals surface area contributed by atoms with E-state index in [0.717, 1.165) is 16.3 Å². The van der Waals surface area contributed by atoms with E-state index in [1.165, 1.54) is 0 Å². The molecule has 0 aliphatic heterocycles. The van der Waals surface area contributed by atoms with Crippen LogP contribution in [0.1, 0.15) is 37.0 Å². The van der Waals surface area contributed by atoms with Gasteiger partial charge in [0.25, 0.3) is 5.56 Å². The number of hydrogen-bond acceptors (Lipinski definition) is 4. The van der Waals surface area contributed by atoms with Gasteiger partial charge in [-0.1, -0.05) is 20.8 Å². The van der Waals surface area contributed by atoms with Crippen molar-refractivity contribution in [3.8, 4) is 0 Å². The summed E-state index contributed by atoms with van der Waals surface area (Å²) in [5.74, 6) is 0. The highest BCUT2D eigenvalue weighted by atomic mass is 32.1. The van der Waals surface area contributed by atoms with Crippen molar-refractivity contribution in [2.24, 2.45) is 0 Å². The number of nitrogens with zero attached hydrogens (tertiary/aromatic N) is 2. The van der Waals surface area contributed by atoms with Crippen molar-refractivity contribution in [1.29, 1.82) is 0 Å². The molecule has 2 N–H and O–H groups in total. The van der Waals surface area contributed by atoms with E-state index in [9.17, 15) is 4.79 Å². The van der Waals surface area contributed by atoms with Gasteiger partial charge in [-0.3, -0.25) is 4.79 Å². The van der Waals surface area contributed by atoms with Crippen LogP contribution in [0, 0.1) is 6.92 Å². The lowest BCUT2D eigenvalue weighted by atomic mass is 9.93. The standard InChI is InChI=1S/C14H19N3OS/c1-9-5-13(18)17(6-10(9)15)7-12-16-11(8-19-12)14(2,3)4/h5-6,8H,7,15H2,1-4H3. The monoisotopic (exact) mass is 277 g/mol. The summed E-state index contributed by atoms with van der Waals surface area (Å²) >= 11 is 1.58. The molecule has 102 valence electrons. The summed E-state index contributed by atoms with van der Waals surface area (Å²) in [4.78, 5) is 16.5. The third-order valence-corrected chi connectivity index (χ3v) is 3.83. The minimum atomic E-state index is -0.0424. The van der Waals surface area contributed by atoms with Gasteiger partial charge < -0.3 is 10.3 Å². The Morgan fingerprint density at radius 1 is 1.42 bits per heavy atom. The number of rotatable bonds is 2. The maximum absolute atomic E-state index is 11.9. The lowest BCUT2D eigenvalue weighted by molar-refractivity contribution is 0.569. The van der Waals surface area contributed by atoms with E-state index in [-0.39, 0.29) is 11.0 Å². The van der Waals surface area contributed by atoms with Crippen molar-refractivity contribution >= 4 is 17.0 Å². The van der Waals surface area contributed by atoms with Crippen molar-refractivity contribution < 1.29 is 0 Å². The third-order valence-electron chi connectivity index (χ3n) is 3.00. The average molecular weight is 277 g/mol. The molecule has 2 heterocycles. The predicted molar refractivity (Wildman–Crippen MR) is 79.8 cm³/mol. The lowest BCUT2D eigenvalue weighted by Crippen LogP contribution is -2.21. The summed E-state index contributed by atoms with van der Waals surface area (Å²) in [7, 11) is 0. The first-order chi connectivity index (χ1) is 8.77. The number of pyridine rings is 1. The fourth-order valence-electron chi connectivity index (χ4n) is 1.68. The van der Waals surface area contributed by atoms with Gasteiger partial charge in [-0.25, -0.2) is 4.98 Å². The molecule has 0 saturated heterocycles. The van der Waals surface area contributed by atoms with Crippen LogP contribution < -0.4 is 11.3 Å². The number of aryl methyl sites for hydroxylation is 1. The zero-order chi connectivity index (χ0) is 14.2. The highest BCUT2D eigenvalue weighted by Crippen LogP contribution is 2.24. The fraction of sp³-hybridized carbons (Fsp3) is 0.429. The Labute approximate surface area is 116 Å². The Hall–Kier alpha value is -1.62. The largest absolute Gasteiger partial charge is 0.397 e. The molecule has 0 aliphatic carbocycles. The van der Waals surface area contributed by atoms with Gasteiger partial charge in [0.1, 0.15) is 5.01 Å². The van der Waals surface area contributed by atoms with Crippen LogP contribution in [0.25, 0.3) is 0 Å². The van der Waals surface area contributed by atoms with E-state index in [4.69, 9.17) is 5.73 Å². The Kier molecular flexibility index (Phi) is 3.49. The SMILES string of the molecule is Cc1cc(=O)n(Cc2nc(C(C)(C)C)cs2)cc1N. The van der Waals surface area contributed by atoms with Crippen molar-refractivity contribution in [2.75, 3.05) is 5.73 Å². The molecule has 19 heavy (non-hydrogen) atoms. The number of nitrogen functional groups attached to an aromatic ring is 1. The van der Waals surface area contributed by atoms with Crippen molar-refractivity contribution in [2.45, 2.75) is 39.7 Å². The molecule has 2 rings (SSSR count). The van der Waals surface area contributed by atoms with Crippen molar-refractivity contribution in [1.82, 2.24) is 9.55 Å². The minimum absolute atomic E-state index is 0.0337. The molecule has 0 atom stereocenters. The van der Waals surface area contributed by atoms with Gasteiger partial charge in [-0.15, -0.1) is 11.3 Å². The van der Waals surface area contributed by atoms with E-state index in [2.05, 4.69) is 31.1 Å². The summed E-state index contributed by atoms with van der Waals surface area (Å²) in [6.07, 6.45) is 1.69. The predicted octanol–water partition coefficient (Wildman–Crippen LogP) is 2.54. The van der Waals surface area contributed by atoms with Crippen LogP contribution in [-0.2, 0) is 12.0 Å². The lowest BCUT2D eigenvalue weighted by Gasteiger charge is -2.14. The second kappa shape index (κ2) is 4.81. The van der Waals surface area contributed by atoms with E-state index < -0.39 is 0 Å². The Bertz CT molecular complexity index is 649. The maximum atomic E-state index is 11.9. The molecule has 2 aromatic rings. The zero-order valence-electron chi connectivity index (χ0n) is 11.7. The van der Waals surface area contributed by atoms with Crippen molar-refractivity contribution in [3.63, 3.8) is 0 Å². The Morgan fingerprint density at radius 3 is 2.68 bits per heavy atom. The molecule has 0 bridgehead atoms. The van der Waals surface area contributed by atoms with Crippen LogP contribution in [0.3, 0.4) is 0 Å². The number of nitrogens with two attached hydrogens (primary N) is 1. The minimum Gasteiger partial charge on any atom is -0.397 e. The molecular formula is C14H19N3OS. The summed E-state index contributed by atoms with van der Waals surface area (Å²) in [6, 6.07) is 1.56. The van der Waals surface area contributed by atoms with Crippen LogP contribution in [0.2, 0.25) is 0 Å². The third kappa shape index (κ3) is 3.04. The zero-order valence-corrected chi connectivity index (χ0v) is 12.5. The fourth-order valence-corrected chi connectivity index (χ4v) is 2.70. The first kappa shape index (κ1) is 13.8. The molecule has 0 unspecified atom stereocenters. The summed E-state index contributed by atoms with van der Waals surface area (Å²) in [5, 5.41) is 2.98. The Balaban J connectivity index is 2.29. The number of hydrogen-bond donors (Lipinski definition) is 1. The van der Waals surface area contributed by atoms with Crippen LogP contribution in [0.5, 0.6) is 0 Å². The van der Waals surface area contributed by atoms with Gasteiger partial charge in [0.15, 0.2) is 0 Å². The Morgan fingerprint density at radius 2 is 2.11 bits per heavy atom. The summed E-state index contributed by atoms with van der Waals surface area (Å²) in [5.41, 5.74) is 8.34. The molecule has 0 aromatic carbocycles. The average Bonchev–Trinajstić information content (AvgIpc) is 2.74. The molecule has 0 amide bonds.